The molecule has 0 spiro atoms. The second-order valence-corrected chi connectivity index (χ2v) is 6.41. The Kier molecular flexibility index (Phi) is 2.07. The zero-order valence-electron chi connectivity index (χ0n) is 10.6. The molecule has 3 nitrogen and oxygen atoms in total. The van der Waals surface area contributed by atoms with Gasteiger partial charge in [-0.2, -0.15) is 0 Å². The summed E-state index contributed by atoms with van der Waals surface area (Å²) in [5.41, 5.74) is 0.993. The Morgan fingerprint density at radius 1 is 1.28 bits per heavy atom. The zero-order chi connectivity index (χ0) is 12.4. The van der Waals surface area contributed by atoms with Gasteiger partial charge in [0, 0.05) is 18.8 Å². The first-order valence-corrected chi connectivity index (χ1v) is 7.08. The predicted molar refractivity (Wildman–Crippen MR) is 64.6 cm³/mol. The lowest BCUT2D eigenvalue weighted by Gasteiger charge is -2.22. The van der Waals surface area contributed by atoms with E-state index in [9.17, 15) is 9.59 Å². The van der Waals surface area contributed by atoms with Crippen LogP contribution in [0.2, 0.25) is 0 Å². The summed E-state index contributed by atoms with van der Waals surface area (Å²) in [5.74, 6) is 2.58. The van der Waals surface area contributed by atoms with Crippen LogP contribution in [-0.2, 0) is 14.3 Å². The van der Waals surface area contributed by atoms with Gasteiger partial charge in [-0.3, -0.25) is 9.59 Å². The number of rotatable bonds is 2. The van der Waals surface area contributed by atoms with Crippen molar-refractivity contribution < 1.29 is 14.3 Å². The number of allylic oxidation sites excluding steroid dienone is 1. The van der Waals surface area contributed by atoms with Gasteiger partial charge in [0.25, 0.3) is 0 Å². The maximum atomic E-state index is 12.5. The van der Waals surface area contributed by atoms with Gasteiger partial charge < -0.3 is 4.74 Å². The molecule has 3 saturated carbocycles. The molecule has 6 atom stereocenters. The Balaban J connectivity index is 1.53. The van der Waals surface area contributed by atoms with Crippen LogP contribution < -0.4 is 0 Å². The van der Waals surface area contributed by atoms with Gasteiger partial charge in [-0.25, -0.2) is 0 Å². The fraction of sp³-hybridized carbons (Fsp3) is 0.733. The molecule has 0 unspecified atom stereocenters. The summed E-state index contributed by atoms with van der Waals surface area (Å²) in [6.07, 6.45) is 6.89. The molecule has 4 aliphatic carbocycles. The van der Waals surface area contributed by atoms with Gasteiger partial charge in [0.05, 0.1) is 0 Å². The second kappa shape index (κ2) is 3.46. The molecule has 4 rings (SSSR count). The monoisotopic (exact) mass is 246 g/mol. The minimum Gasteiger partial charge on any atom is -0.462 e. The summed E-state index contributed by atoms with van der Waals surface area (Å²) < 4.78 is 5.19. The Morgan fingerprint density at radius 3 is 2.78 bits per heavy atom. The summed E-state index contributed by atoms with van der Waals surface area (Å²) in [5, 5.41) is 0. The Hall–Kier alpha value is -1.12. The number of Topliss-reactive ketones (excluding diaryl/α,β-unsaturated/α-hetero) is 1. The number of fused-ring (bicyclic) bond motifs is 5. The lowest BCUT2D eigenvalue weighted by Crippen LogP contribution is -2.24. The third-order valence-corrected chi connectivity index (χ3v) is 5.39. The van der Waals surface area contributed by atoms with Crippen LogP contribution in [0.25, 0.3) is 0 Å². The smallest absolute Gasteiger partial charge is 0.302 e. The molecule has 0 saturated heterocycles. The molecule has 0 radical (unpaired) electrons. The quantitative estimate of drug-likeness (QED) is 0.701. The van der Waals surface area contributed by atoms with E-state index in [1.165, 1.54) is 26.2 Å². The molecule has 0 aromatic carbocycles. The van der Waals surface area contributed by atoms with E-state index in [0.29, 0.717) is 17.6 Å². The lowest BCUT2D eigenvalue weighted by atomic mass is 9.81. The van der Waals surface area contributed by atoms with Crippen molar-refractivity contribution in [3.8, 4) is 0 Å². The van der Waals surface area contributed by atoms with Gasteiger partial charge in [-0.15, -0.1) is 0 Å². The summed E-state index contributed by atoms with van der Waals surface area (Å²) in [6.45, 7) is 1.44. The molecule has 0 heterocycles. The maximum Gasteiger partial charge on any atom is 0.302 e. The summed E-state index contributed by atoms with van der Waals surface area (Å²) >= 11 is 0. The van der Waals surface area contributed by atoms with Gasteiger partial charge in [0.15, 0.2) is 5.78 Å². The van der Waals surface area contributed by atoms with Crippen LogP contribution in [0.3, 0.4) is 0 Å². The molecule has 3 fully saturated rings. The molecule has 4 aliphatic rings. The first-order chi connectivity index (χ1) is 8.65. The Labute approximate surface area is 107 Å². The number of esters is 1. The lowest BCUT2D eigenvalue weighted by molar-refractivity contribution is -0.142. The SMILES string of the molecule is CC(=O)O[C@@H]1C[C@H]1C1=C[C@H]2[C@@H]3CC[C@@H](C3)[C@H]2C1=O. The highest BCUT2D eigenvalue weighted by Crippen LogP contribution is 2.59. The van der Waals surface area contributed by atoms with Crippen molar-refractivity contribution in [3.63, 3.8) is 0 Å². The van der Waals surface area contributed by atoms with E-state index >= 15 is 0 Å². The van der Waals surface area contributed by atoms with Crippen molar-refractivity contribution in [1.82, 2.24) is 0 Å². The average Bonchev–Trinajstić information content (AvgIpc) is 2.74. The van der Waals surface area contributed by atoms with Gasteiger partial charge in [-0.1, -0.05) is 6.08 Å². The van der Waals surface area contributed by atoms with Crippen molar-refractivity contribution in [2.75, 3.05) is 0 Å². The van der Waals surface area contributed by atoms with Crippen LogP contribution in [0.15, 0.2) is 11.6 Å². The molecule has 2 bridgehead atoms. The normalized spacial score (nSPS) is 48.1. The molecular weight excluding hydrogens is 228 g/mol. The number of ether oxygens (including phenoxy) is 1. The van der Waals surface area contributed by atoms with Crippen molar-refractivity contribution in [2.45, 2.75) is 38.7 Å². The minimum absolute atomic E-state index is 0.0193. The largest absolute Gasteiger partial charge is 0.462 e. The van der Waals surface area contributed by atoms with Crippen molar-refractivity contribution >= 4 is 11.8 Å². The van der Waals surface area contributed by atoms with Crippen LogP contribution >= 0.6 is 0 Å². The molecular formula is C15H18O3. The van der Waals surface area contributed by atoms with Crippen molar-refractivity contribution in [3.05, 3.63) is 11.6 Å². The number of ketones is 1. The minimum atomic E-state index is -0.228. The van der Waals surface area contributed by atoms with Crippen LogP contribution in [0.5, 0.6) is 0 Å². The first kappa shape index (κ1) is 10.8. The Bertz CT molecular complexity index is 464. The molecule has 18 heavy (non-hydrogen) atoms. The first-order valence-electron chi connectivity index (χ1n) is 7.08. The van der Waals surface area contributed by atoms with Crippen LogP contribution in [0.4, 0.5) is 0 Å². The van der Waals surface area contributed by atoms with E-state index in [2.05, 4.69) is 6.08 Å². The average molecular weight is 246 g/mol. The molecule has 0 aromatic heterocycles. The topological polar surface area (TPSA) is 43.4 Å². The summed E-state index contributed by atoms with van der Waals surface area (Å²) in [6, 6.07) is 0. The van der Waals surface area contributed by atoms with Gasteiger partial charge in [0.1, 0.15) is 6.10 Å². The molecule has 0 N–H and O–H groups in total. The maximum absolute atomic E-state index is 12.5. The third-order valence-electron chi connectivity index (χ3n) is 5.39. The predicted octanol–water partition coefficient (Wildman–Crippen LogP) is 2.11. The van der Waals surface area contributed by atoms with Crippen molar-refractivity contribution in [2.24, 2.45) is 29.6 Å². The molecule has 0 amide bonds. The summed E-state index contributed by atoms with van der Waals surface area (Å²) in [4.78, 5) is 23.4. The van der Waals surface area contributed by atoms with E-state index in [4.69, 9.17) is 4.74 Å². The van der Waals surface area contributed by atoms with E-state index in [1.807, 2.05) is 0 Å². The van der Waals surface area contributed by atoms with E-state index in [0.717, 1.165) is 17.9 Å². The van der Waals surface area contributed by atoms with Gasteiger partial charge in [-0.05, 0) is 49.0 Å². The van der Waals surface area contributed by atoms with Gasteiger partial charge in [0.2, 0.25) is 0 Å². The van der Waals surface area contributed by atoms with Crippen molar-refractivity contribution in [1.29, 1.82) is 0 Å². The van der Waals surface area contributed by atoms with Gasteiger partial charge >= 0.3 is 5.97 Å². The number of hydrogen-bond acceptors (Lipinski definition) is 3. The third kappa shape index (κ3) is 1.36. The Morgan fingerprint density at radius 2 is 2.06 bits per heavy atom. The van der Waals surface area contributed by atoms with E-state index < -0.39 is 0 Å². The van der Waals surface area contributed by atoms with E-state index in [1.54, 1.807) is 0 Å². The molecule has 3 heteroatoms. The highest BCUT2D eigenvalue weighted by molar-refractivity contribution is 6.01. The molecule has 0 aliphatic heterocycles. The van der Waals surface area contributed by atoms with Crippen LogP contribution in [-0.4, -0.2) is 17.9 Å². The van der Waals surface area contributed by atoms with Crippen LogP contribution in [0.1, 0.15) is 32.6 Å². The van der Waals surface area contributed by atoms with E-state index in [-0.39, 0.29) is 23.9 Å². The summed E-state index contributed by atoms with van der Waals surface area (Å²) in [7, 11) is 0. The zero-order valence-corrected chi connectivity index (χ0v) is 10.6. The highest BCUT2D eigenvalue weighted by Gasteiger charge is 2.57. The number of hydrogen-bond donors (Lipinski definition) is 0. The fourth-order valence-electron chi connectivity index (χ4n) is 4.60. The highest BCUT2D eigenvalue weighted by atomic mass is 16.5. The van der Waals surface area contributed by atoms with Crippen LogP contribution in [0, 0.1) is 29.6 Å². The fourth-order valence-corrected chi connectivity index (χ4v) is 4.60. The number of carbonyl (C=O) groups excluding carboxylic acids is 2. The number of carbonyl (C=O) groups is 2. The molecule has 96 valence electrons. The standard InChI is InChI=1S/C15H18O3/c1-7(16)18-13-6-11(13)12-5-10-8-2-3-9(4-8)14(10)15(12)17/h5,8-11,13-14H,2-4,6H2,1H3/t8-,9+,10+,11+,13-,14-/m1/s1. The second-order valence-electron chi connectivity index (χ2n) is 6.41. The molecule has 0 aromatic rings.